The third kappa shape index (κ3) is 4.99. The number of allylic oxidation sites excluding steroid dienone is 5. The summed E-state index contributed by atoms with van der Waals surface area (Å²) in [5.41, 5.74) is 8.84. The number of benzene rings is 2. The fourth-order valence-corrected chi connectivity index (χ4v) is 4.35. The minimum atomic E-state index is 0.141. The largest absolute Gasteiger partial charge is 0.493 e. The molecule has 0 bridgehead atoms. The van der Waals surface area contributed by atoms with Crippen molar-refractivity contribution in [3.63, 3.8) is 0 Å². The molecule has 1 heterocycles. The molecule has 1 aliphatic carbocycles. The topological polar surface area (TPSA) is 27.7 Å². The maximum absolute atomic E-state index is 6.15. The van der Waals surface area contributed by atoms with Crippen LogP contribution in [0.1, 0.15) is 42.5 Å². The van der Waals surface area contributed by atoms with E-state index in [0.717, 1.165) is 31.1 Å². The molecule has 1 aliphatic heterocycles. The van der Waals surface area contributed by atoms with E-state index in [4.69, 9.17) is 14.2 Å². The van der Waals surface area contributed by atoms with E-state index in [9.17, 15) is 0 Å². The van der Waals surface area contributed by atoms with Gasteiger partial charge in [-0.25, -0.2) is 0 Å². The summed E-state index contributed by atoms with van der Waals surface area (Å²) in [6.07, 6.45) is 9.47. The minimum Gasteiger partial charge on any atom is -0.493 e. The highest BCUT2D eigenvalue weighted by Gasteiger charge is 2.34. The molecule has 2 aliphatic rings. The van der Waals surface area contributed by atoms with E-state index in [1.165, 1.54) is 39.0 Å². The summed E-state index contributed by atoms with van der Waals surface area (Å²) in [5, 5.41) is 0. The highest BCUT2D eigenvalue weighted by Crippen LogP contribution is 2.35. The average Bonchev–Trinajstić information content (AvgIpc) is 2.94. The predicted octanol–water partition coefficient (Wildman–Crippen LogP) is 7.00. The fourth-order valence-electron chi connectivity index (χ4n) is 4.35. The van der Waals surface area contributed by atoms with Gasteiger partial charge >= 0.3 is 0 Å². The summed E-state index contributed by atoms with van der Waals surface area (Å²) in [6, 6.07) is 10.8. The van der Waals surface area contributed by atoms with Gasteiger partial charge < -0.3 is 14.2 Å². The minimum absolute atomic E-state index is 0.141. The van der Waals surface area contributed by atoms with Crippen molar-refractivity contribution in [1.29, 1.82) is 0 Å². The molecule has 0 amide bonds. The number of rotatable bonds is 7. The van der Waals surface area contributed by atoms with Crippen molar-refractivity contribution in [2.24, 2.45) is 5.41 Å². The van der Waals surface area contributed by atoms with Crippen molar-refractivity contribution in [1.82, 2.24) is 0 Å². The van der Waals surface area contributed by atoms with Crippen LogP contribution >= 0.6 is 0 Å². The molecule has 2 aromatic rings. The predicted molar refractivity (Wildman–Crippen MR) is 131 cm³/mol. The van der Waals surface area contributed by atoms with E-state index >= 15 is 0 Å². The Morgan fingerprint density at radius 1 is 1.00 bits per heavy atom. The molecule has 4 rings (SSSR count). The second-order valence-electron chi connectivity index (χ2n) is 9.54. The maximum atomic E-state index is 6.15. The van der Waals surface area contributed by atoms with Crippen LogP contribution in [0.4, 0.5) is 0 Å². The monoisotopic (exact) mass is 430 g/mol. The number of hydrogen-bond acceptors (Lipinski definition) is 3. The van der Waals surface area contributed by atoms with E-state index in [2.05, 4.69) is 89.3 Å². The molecule has 32 heavy (non-hydrogen) atoms. The average molecular weight is 431 g/mol. The standard InChI is InChI=1S/C29H34O3/c1-20-9-6-7-11-25(13-20)31-16-24-10-8-12-27(23(24)4)28-21(2)14-26(15-22(28)3)32-19-29(5)17-30-18-29/h7-15H,6,16-19H2,1-5H3. The van der Waals surface area contributed by atoms with Crippen molar-refractivity contribution in [2.45, 2.75) is 47.6 Å². The van der Waals surface area contributed by atoms with Gasteiger partial charge in [0.1, 0.15) is 18.1 Å². The Hall–Kier alpha value is -2.78. The number of hydrogen-bond donors (Lipinski definition) is 0. The number of ether oxygens (including phenoxy) is 3. The summed E-state index contributed by atoms with van der Waals surface area (Å²) in [4.78, 5) is 0. The van der Waals surface area contributed by atoms with Gasteiger partial charge in [-0.2, -0.15) is 0 Å². The van der Waals surface area contributed by atoms with Crippen LogP contribution in [-0.4, -0.2) is 19.8 Å². The molecule has 2 aromatic carbocycles. The van der Waals surface area contributed by atoms with E-state index in [1.54, 1.807) is 0 Å². The van der Waals surface area contributed by atoms with Gasteiger partial charge in [0, 0.05) is 5.41 Å². The SMILES string of the molecule is CC1=CCC=CC(OCc2cccc(-c3c(C)cc(OCC4(C)COC4)cc3C)c2C)=C1. The van der Waals surface area contributed by atoms with Gasteiger partial charge in [0.2, 0.25) is 0 Å². The molecule has 1 fully saturated rings. The first-order valence-corrected chi connectivity index (χ1v) is 11.4. The van der Waals surface area contributed by atoms with Gasteiger partial charge in [0.25, 0.3) is 0 Å². The first-order valence-electron chi connectivity index (χ1n) is 11.4. The lowest BCUT2D eigenvalue weighted by Gasteiger charge is -2.37. The second-order valence-corrected chi connectivity index (χ2v) is 9.54. The summed E-state index contributed by atoms with van der Waals surface area (Å²) in [7, 11) is 0. The van der Waals surface area contributed by atoms with Crippen LogP contribution in [0.5, 0.6) is 5.75 Å². The van der Waals surface area contributed by atoms with Crippen molar-refractivity contribution in [3.8, 4) is 16.9 Å². The molecule has 0 N–H and O–H groups in total. The third-order valence-electron chi connectivity index (χ3n) is 6.33. The summed E-state index contributed by atoms with van der Waals surface area (Å²) in [6.45, 7) is 13.7. The first kappa shape index (κ1) is 22.4. The highest BCUT2D eigenvalue weighted by atomic mass is 16.5. The van der Waals surface area contributed by atoms with Crippen LogP contribution in [0.25, 0.3) is 11.1 Å². The molecule has 168 valence electrons. The van der Waals surface area contributed by atoms with Gasteiger partial charge in [-0.05, 0) is 91.8 Å². The molecule has 0 radical (unpaired) electrons. The van der Waals surface area contributed by atoms with Gasteiger partial charge in [0.05, 0.1) is 19.8 Å². The van der Waals surface area contributed by atoms with Gasteiger partial charge in [-0.15, -0.1) is 0 Å². The molecule has 0 atom stereocenters. The Bertz CT molecular complexity index is 1060. The van der Waals surface area contributed by atoms with Gasteiger partial charge in [-0.1, -0.05) is 42.8 Å². The van der Waals surface area contributed by atoms with Crippen molar-refractivity contribution < 1.29 is 14.2 Å². The molecular formula is C29H34O3. The highest BCUT2D eigenvalue weighted by molar-refractivity contribution is 5.75. The summed E-state index contributed by atoms with van der Waals surface area (Å²) in [5.74, 6) is 1.85. The Morgan fingerprint density at radius 2 is 1.75 bits per heavy atom. The van der Waals surface area contributed by atoms with E-state index in [0.29, 0.717) is 13.2 Å². The van der Waals surface area contributed by atoms with Crippen molar-refractivity contribution in [3.05, 3.63) is 88.2 Å². The molecular weight excluding hydrogens is 396 g/mol. The van der Waals surface area contributed by atoms with Crippen LogP contribution in [0.2, 0.25) is 0 Å². The molecule has 0 saturated carbocycles. The Balaban J connectivity index is 1.54. The fraction of sp³-hybridized carbons (Fsp3) is 0.379. The second kappa shape index (κ2) is 9.38. The quantitative estimate of drug-likeness (QED) is 0.473. The van der Waals surface area contributed by atoms with Crippen LogP contribution < -0.4 is 4.74 Å². The third-order valence-corrected chi connectivity index (χ3v) is 6.33. The van der Waals surface area contributed by atoms with Crippen LogP contribution in [0.3, 0.4) is 0 Å². The van der Waals surface area contributed by atoms with Crippen LogP contribution in [0, 0.1) is 26.2 Å². The molecule has 3 nitrogen and oxygen atoms in total. The van der Waals surface area contributed by atoms with Crippen LogP contribution in [0.15, 0.2) is 66.0 Å². The lowest BCUT2D eigenvalue weighted by molar-refractivity contribution is -0.120. The number of aryl methyl sites for hydroxylation is 2. The molecule has 0 unspecified atom stereocenters. The van der Waals surface area contributed by atoms with Gasteiger partial charge in [0.15, 0.2) is 0 Å². The van der Waals surface area contributed by atoms with Crippen LogP contribution in [-0.2, 0) is 16.1 Å². The summed E-state index contributed by atoms with van der Waals surface area (Å²) < 4.78 is 17.6. The lowest BCUT2D eigenvalue weighted by atomic mass is 9.89. The zero-order valence-corrected chi connectivity index (χ0v) is 20.0. The van der Waals surface area contributed by atoms with E-state index in [-0.39, 0.29) is 5.41 Å². The zero-order chi connectivity index (χ0) is 22.7. The van der Waals surface area contributed by atoms with Crippen molar-refractivity contribution in [2.75, 3.05) is 19.8 Å². The lowest BCUT2D eigenvalue weighted by Crippen LogP contribution is -2.44. The van der Waals surface area contributed by atoms with Crippen molar-refractivity contribution >= 4 is 0 Å². The normalized spacial score (nSPS) is 17.2. The zero-order valence-electron chi connectivity index (χ0n) is 20.0. The van der Waals surface area contributed by atoms with E-state index < -0.39 is 0 Å². The molecule has 1 saturated heterocycles. The first-order chi connectivity index (χ1) is 15.3. The van der Waals surface area contributed by atoms with E-state index in [1.807, 2.05) is 0 Å². The maximum Gasteiger partial charge on any atom is 0.119 e. The molecule has 3 heteroatoms. The molecule has 0 spiro atoms. The van der Waals surface area contributed by atoms with Gasteiger partial charge in [-0.3, -0.25) is 0 Å². The smallest absolute Gasteiger partial charge is 0.119 e. The Kier molecular flexibility index (Phi) is 6.57. The Morgan fingerprint density at radius 3 is 2.44 bits per heavy atom. The molecule has 0 aromatic heterocycles. The Labute approximate surface area is 192 Å². The summed E-state index contributed by atoms with van der Waals surface area (Å²) >= 11 is 0.